The molecular formula is C18H12NO+. The molecule has 0 aliphatic heterocycles. The van der Waals surface area contributed by atoms with E-state index in [1.54, 1.807) is 6.08 Å². The molecule has 0 amide bonds. The van der Waals surface area contributed by atoms with Crippen LogP contribution in [0.25, 0.3) is 22.5 Å². The Bertz CT molecular complexity index is 863. The highest BCUT2D eigenvalue weighted by Crippen LogP contribution is 2.30. The Morgan fingerprint density at radius 1 is 0.800 bits per heavy atom. The first-order valence-corrected chi connectivity index (χ1v) is 6.59. The molecule has 1 aromatic heterocycles. The van der Waals surface area contributed by atoms with Crippen LogP contribution in [0.15, 0.2) is 67.0 Å². The van der Waals surface area contributed by atoms with Gasteiger partial charge in [0.25, 0.3) is 0 Å². The largest absolute Gasteiger partial charge is 0.289 e. The third-order valence-corrected chi connectivity index (χ3v) is 3.71. The quantitative estimate of drug-likeness (QED) is 0.613. The SMILES string of the molecule is O=C1C=Cc2cccc3ccc(-[n+]4ccccc4)c1c23. The molecule has 0 bridgehead atoms. The summed E-state index contributed by atoms with van der Waals surface area (Å²) in [6, 6.07) is 16.1. The summed E-state index contributed by atoms with van der Waals surface area (Å²) < 4.78 is 1.99. The van der Waals surface area contributed by atoms with E-state index in [0.717, 1.165) is 27.6 Å². The molecule has 0 atom stereocenters. The number of pyridine rings is 1. The van der Waals surface area contributed by atoms with Gasteiger partial charge in [0.2, 0.25) is 5.69 Å². The lowest BCUT2D eigenvalue weighted by Gasteiger charge is -2.12. The number of carbonyl (C=O) groups excluding carboxylic acids is 1. The highest BCUT2D eigenvalue weighted by atomic mass is 16.1. The molecule has 0 spiro atoms. The van der Waals surface area contributed by atoms with E-state index in [9.17, 15) is 4.79 Å². The third-order valence-electron chi connectivity index (χ3n) is 3.71. The van der Waals surface area contributed by atoms with Gasteiger partial charge in [-0.05, 0) is 23.1 Å². The Labute approximate surface area is 116 Å². The Kier molecular flexibility index (Phi) is 2.30. The van der Waals surface area contributed by atoms with E-state index in [4.69, 9.17) is 0 Å². The van der Waals surface area contributed by atoms with Crippen molar-refractivity contribution in [1.29, 1.82) is 0 Å². The fourth-order valence-electron chi connectivity index (χ4n) is 2.81. The molecule has 0 fully saturated rings. The second-order valence-corrected chi connectivity index (χ2v) is 4.89. The van der Waals surface area contributed by atoms with Gasteiger partial charge >= 0.3 is 0 Å². The zero-order valence-corrected chi connectivity index (χ0v) is 10.8. The van der Waals surface area contributed by atoms with Gasteiger partial charge in [0, 0.05) is 23.6 Å². The standard InChI is InChI=1S/C18H12NO/c20-16-10-8-14-6-4-5-13-7-9-15(18(16)17(13)14)19-11-2-1-3-12-19/h1-12H/q+1. The van der Waals surface area contributed by atoms with Gasteiger partial charge in [-0.25, -0.2) is 0 Å². The van der Waals surface area contributed by atoms with Gasteiger partial charge in [-0.1, -0.05) is 30.3 Å². The maximum Gasteiger partial charge on any atom is 0.222 e. The van der Waals surface area contributed by atoms with E-state index >= 15 is 0 Å². The molecule has 1 heterocycles. The molecule has 0 saturated heterocycles. The van der Waals surface area contributed by atoms with Gasteiger partial charge in [0.15, 0.2) is 18.2 Å². The highest BCUT2D eigenvalue weighted by molar-refractivity contribution is 6.21. The Morgan fingerprint density at radius 3 is 2.50 bits per heavy atom. The summed E-state index contributed by atoms with van der Waals surface area (Å²) in [6.45, 7) is 0. The van der Waals surface area contributed by atoms with Gasteiger partial charge in [0.05, 0.1) is 0 Å². The molecule has 4 rings (SSSR count). The van der Waals surface area contributed by atoms with E-state index in [-0.39, 0.29) is 5.78 Å². The van der Waals surface area contributed by atoms with Crippen molar-refractivity contribution >= 4 is 22.6 Å². The van der Waals surface area contributed by atoms with Crippen molar-refractivity contribution in [3.05, 3.63) is 78.1 Å². The van der Waals surface area contributed by atoms with Crippen LogP contribution in [-0.2, 0) is 0 Å². The first kappa shape index (κ1) is 11.1. The molecule has 1 aliphatic rings. The minimum absolute atomic E-state index is 0.0700. The first-order chi connectivity index (χ1) is 9.84. The summed E-state index contributed by atoms with van der Waals surface area (Å²) in [5, 5.41) is 2.16. The van der Waals surface area contributed by atoms with E-state index in [1.165, 1.54) is 0 Å². The van der Waals surface area contributed by atoms with Crippen molar-refractivity contribution < 1.29 is 9.36 Å². The predicted octanol–water partition coefficient (Wildman–Crippen LogP) is 3.33. The minimum Gasteiger partial charge on any atom is -0.289 e. The lowest BCUT2D eigenvalue weighted by molar-refractivity contribution is -0.595. The van der Waals surface area contributed by atoms with Gasteiger partial charge in [-0.3, -0.25) is 4.79 Å². The van der Waals surface area contributed by atoms with Crippen molar-refractivity contribution in [2.75, 3.05) is 0 Å². The number of rotatable bonds is 1. The van der Waals surface area contributed by atoms with E-state index in [0.29, 0.717) is 0 Å². The van der Waals surface area contributed by atoms with Crippen LogP contribution in [-0.4, -0.2) is 5.78 Å². The monoisotopic (exact) mass is 258 g/mol. The molecule has 94 valence electrons. The Morgan fingerprint density at radius 2 is 1.65 bits per heavy atom. The number of nitrogens with zero attached hydrogens (tertiary/aromatic N) is 1. The molecule has 2 aromatic carbocycles. The van der Waals surface area contributed by atoms with Crippen LogP contribution >= 0.6 is 0 Å². The van der Waals surface area contributed by atoms with Crippen LogP contribution in [0.4, 0.5) is 0 Å². The summed E-state index contributed by atoms with van der Waals surface area (Å²) >= 11 is 0. The molecule has 0 unspecified atom stereocenters. The topological polar surface area (TPSA) is 20.9 Å². The maximum absolute atomic E-state index is 12.4. The minimum atomic E-state index is 0.0700. The summed E-state index contributed by atoms with van der Waals surface area (Å²) in [4.78, 5) is 12.4. The van der Waals surface area contributed by atoms with E-state index in [2.05, 4.69) is 6.07 Å². The Balaban J connectivity index is 2.14. The molecular weight excluding hydrogens is 246 g/mol. The number of benzene rings is 2. The number of allylic oxidation sites excluding steroid dienone is 1. The number of hydrogen-bond acceptors (Lipinski definition) is 1. The van der Waals surface area contributed by atoms with Crippen LogP contribution in [0.1, 0.15) is 15.9 Å². The van der Waals surface area contributed by atoms with Crippen LogP contribution in [0.3, 0.4) is 0 Å². The summed E-state index contributed by atoms with van der Waals surface area (Å²) in [5.74, 6) is 0.0700. The summed E-state index contributed by atoms with van der Waals surface area (Å²) in [7, 11) is 0. The van der Waals surface area contributed by atoms with Gasteiger partial charge in [0.1, 0.15) is 5.56 Å². The fraction of sp³-hybridized carbons (Fsp3) is 0. The van der Waals surface area contributed by atoms with Crippen LogP contribution < -0.4 is 4.57 Å². The Hall–Kier alpha value is -2.74. The fourth-order valence-corrected chi connectivity index (χ4v) is 2.81. The van der Waals surface area contributed by atoms with Crippen molar-refractivity contribution in [2.45, 2.75) is 0 Å². The van der Waals surface area contributed by atoms with Crippen molar-refractivity contribution in [3.63, 3.8) is 0 Å². The van der Waals surface area contributed by atoms with E-state index in [1.807, 2.05) is 65.5 Å². The molecule has 1 aliphatic carbocycles. The number of aromatic nitrogens is 1. The van der Waals surface area contributed by atoms with Crippen LogP contribution in [0, 0.1) is 0 Å². The van der Waals surface area contributed by atoms with Gasteiger partial charge < -0.3 is 0 Å². The second kappa shape index (κ2) is 4.14. The molecule has 20 heavy (non-hydrogen) atoms. The number of carbonyl (C=O) groups is 1. The molecule has 0 saturated carbocycles. The average Bonchev–Trinajstić information content (AvgIpc) is 2.52. The molecule has 2 heteroatoms. The predicted molar refractivity (Wildman–Crippen MR) is 78.8 cm³/mol. The zero-order chi connectivity index (χ0) is 13.5. The lowest BCUT2D eigenvalue weighted by atomic mass is 9.91. The van der Waals surface area contributed by atoms with Crippen molar-refractivity contribution in [1.82, 2.24) is 0 Å². The van der Waals surface area contributed by atoms with Gasteiger partial charge in [-0.2, -0.15) is 4.57 Å². The van der Waals surface area contributed by atoms with Crippen molar-refractivity contribution in [3.8, 4) is 5.69 Å². The summed E-state index contributed by atoms with van der Waals surface area (Å²) in [5.41, 5.74) is 2.83. The normalized spacial score (nSPS) is 12.9. The van der Waals surface area contributed by atoms with Crippen LogP contribution in [0.2, 0.25) is 0 Å². The number of hydrogen-bond donors (Lipinski definition) is 0. The smallest absolute Gasteiger partial charge is 0.222 e. The number of ketones is 1. The second-order valence-electron chi connectivity index (χ2n) is 4.89. The molecule has 0 N–H and O–H groups in total. The average molecular weight is 258 g/mol. The molecule has 0 radical (unpaired) electrons. The molecule has 3 aromatic rings. The highest BCUT2D eigenvalue weighted by Gasteiger charge is 2.23. The van der Waals surface area contributed by atoms with Crippen LogP contribution in [0.5, 0.6) is 0 Å². The summed E-state index contributed by atoms with van der Waals surface area (Å²) in [6.07, 6.45) is 7.49. The van der Waals surface area contributed by atoms with E-state index < -0.39 is 0 Å². The zero-order valence-electron chi connectivity index (χ0n) is 10.8. The van der Waals surface area contributed by atoms with Gasteiger partial charge in [-0.15, -0.1) is 0 Å². The van der Waals surface area contributed by atoms with Crippen molar-refractivity contribution in [2.24, 2.45) is 0 Å². The maximum atomic E-state index is 12.4. The molecule has 2 nitrogen and oxygen atoms in total. The lowest BCUT2D eigenvalue weighted by Crippen LogP contribution is -2.31. The third kappa shape index (κ3) is 1.51. The first-order valence-electron chi connectivity index (χ1n) is 6.59.